The van der Waals surface area contributed by atoms with E-state index in [4.69, 9.17) is 0 Å². The third kappa shape index (κ3) is 3.89. The predicted octanol–water partition coefficient (Wildman–Crippen LogP) is 2.52. The number of benzene rings is 1. The smallest absolute Gasteiger partial charge is 0.269 e. The Kier molecular flexibility index (Phi) is 4.25. The highest BCUT2D eigenvalue weighted by Crippen LogP contribution is 2.12. The van der Waals surface area contributed by atoms with Crippen molar-refractivity contribution < 1.29 is 9.72 Å². The lowest BCUT2D eigenvalue weighted by Crippen LogP contribution is -2.24. The number of carbonyl (C=O) groups is 1. The van der Waals surface area contributed by atoms with Crippen molar-refractivity contribution in [3.05, 3.63) is 62.3 Å². The normalized spacial score (nSPS) is 10.1. The minimum Gasteiger partial charge on any atom is -0.352 e. The number of nitrogens with one attached hydrogen (secondary N) is 1. The van der Waals surface area contributed by atoms with Crippen LogP contribution in [0.25, 0.3) is 0 Å². The number of nitrogens with zero attached hydrogens (tertiary/aromatic N) is 1. The second-order valence-electron chi connectivity index (χ2n) is 4.01. The van der Waals surface area contributed by atoms with Gasteiger partial charge in [-0.25, -0.2) is 0 Å². The van der Waals surface area contributed by atoms with Crippen molar-refractivity contribution in [3.8, 4) is 0 Å². The Hall–Kier alpha value is -2.21. The molecule has 0 radical (unpaired) electrons. The van der Waals surface area contributed by atoms with Gasteiger partial charge in [-0.05, 0) is 28.0 Å². The average molecular weight is 276 g/mol. The van der Waals surface area contributed by atoms with Gasteiger partial charge in [0, 0.05) is 18.7 Å². The molecule has 0 aliphatic heterocycles. The second kappa shape index (κ2) is 6.10. The first kappa shape index (κ1) is 13.2. The number of non-ortho nitro benzene ring substituents is 1. The van der Waals surface area contributed by atoms with Gasteiger partial charge in [-0.2, -0.15) is 11.3 Å². The summed E-state index contributed by atoms with van der Waals surface area (Å²) in [4.78, 5) is 21.7. The van der Waals surface area contributed by atoms with E-state index < -0.39 is 4.92 Å². The average Bonchev–Trinajstić information content (AvgIpc) is 2.90. The van der Waals surface area contributed by atoms with Gasteiger partial charge in [0.1, 0.15) is 0 Å². The standard InChI is InChI=1S/C13H12N2O3S/c16-13(14-8-11-5-6-19-9-11)7-10-1-3-12(4-2-10)15(17)18/h1-6,9H,7-8H2,(H,14,16). The number of carbonyl (C=O) groups excluding carboxylic acids is 1. The van der Waals surface area contributed by atoms with E-state index in [-0.39, 0.29) is 18.0 Å². The van der Waals surface area contributed by atoms with Crippen LogP contribution in [0.1, 0.15) is 11.1 Å². The monoisotopic (exact) mass is 276 g/mol. The molecule has 1 aromatic carbocycles. The van der Waals surface area contributed by atoms with Crippen LogP contribution in [0.3, 0.4) is 0 Å². The van der Waals surface area contributed by atoms with Gasteiger partial charge in [0.15, 0.2) is 0 Å². The molecule has 0 fully saturated rings. The zero-order valence-corrected chi connectivity index (χ0v) is 10.9. The number of rotatable bonds is 5. The summed E-state index contributed by atoms with van der Waals surface area (Å²) in [5.41, 5.74) is 1.86. The number of hydrogen-bond acceptors (Lipinski definition) is 4. The highest BCUT2D eigenvalue weighted by Gasteiger charge is 2.07. The van der Waals surface area contributed by atoms with E-state index in [0.717, 1.165) is 11.1 Å². The van der Waals surface area contributed by atoms with Crippen molar-refractivity contribution in [2.75, 3.05) is 0 Å². The fourth-order valence-corrected chi connectivity index (χ4v) is 2.25. The number of hydrogen-bond donors (Lipinski definition) is 1. The van der Waals surface area contributed by atoms with Crippen LogP contribution in [-0.4, -0.2) is 10.8 Å². The molecule has 19 heavy (non-hydrogen) atoms. The SMILES string of the molecule is O=C(Cc1ccc([N+](=O)[O-])cc1)NCc1ccsc1. The molecule has 0 aliphatic rings. The summed E-state index contributed by atoms with van der Waals surface area (Å²) in [6, 6.07) is 7.96. The van der Waals surface area contributed by atoms with Crippen molar-refractivity contribution in [1.29, 1.82) is 0 Å². The van der Waals surface area contributed by atoms with Crippen molar-refractivity contribution in [2.45, 2.75) is 13.0 Å². The summed E-state index contributed by atoms with van der Waals surface area (Å²) in [6.45, 7) is 0.509. The van der Waals surface area contributed by atoms with Gasteiger partial charge < -0.3 is 5.32 Å². The van der Waals surface area contributed by atoms with Gasteiger partial charge in [0.2, 0.25) is 5.91 Å². The Bertz CT molecular complexity index is 564. The number of nitro groups is 1. The minimum atomic E-state index is -0.458. The van der Waals surface area contributed by atoms with Crippen molar-refractivity contribution in [2.24, 2.45) is 0 Å². The number of amides is 1. The Morgan fingerprint density at radius 1 is 1.21 bits per heavy atom. The third-order valence-corrected chi connectivity index (χ3v) is 3.31. The lowest BCUT2D eigenvalue weighted by molar-refractivity contribution is -0.384. The predicted molar refractivity (Wildman–Crippen MR) is 73.0 cm³/mol. The molecule has 0 atom stereocenters. The molecule has 1 aromatic heterocycles. The van der Waals surface area contributed by atoms with Crippen LogP contribution in [0.5, 0.6) is 0 Å². The summed E-state index contributed by atoms with van der Waals surface area (Å²) in [7, 11) is 0. The first-order chi connectivity index (χ1) is 9.15. The first-order valence-electron chi connectivity index (χ1n) is 5.66. The van der Waals surface area contributed by atoms with Gasteiger partial charge in [0.25, 0.3) is 5.69 Å². The quantitative estimate of drug-likeness (QED) is 0.673. The molecular weight excluding hydrogens is 264 g/mol. The zero-order chi connectivity index (χ0) is 13.7. The molecule has 1 heterocycles. The van der Waals surface area contributed by atoms with Gasteiger partial charge >= 0.3 is 0 Å². The van der Waals surface area contributed by atoms with E-state index in [9.17, 15) is 14.9 Å². The van der Waals surface area contributed by atoms with Crippen molar-refractivity contribution in [1.82, 2.24) is 5.32 Å². The third-order valence-electron chi connectivity index (χ3n) is 2.58. The molecule has 1 amide bonds. The molecule has 1 N–H and O–H groups in total. The Morgan fingerprint density at radius 2 is 1.95 bits per heavy atom. The molecule has 0 spiro atoms. The Balaban J connectivity index is 1.86. The lowest BCUT2D eigenvalue weighted by atomic mass is 10.1. The van der Waals surface area contributed by atoms with E-state index in [1.54, 1.807) is 23.5 Å². The summed E-state index contributed by atoms with van der Waals surface area (Å²) < 4.78 is 0. The van der Waals surface area contributed by atoms with Crippen LogP contribution in [0.4, 0.5) is 5.69 Å². The van der Waals surface area contributed by atoms with Crippen LogP contribution in [-0.2, 0) is 17.8 Å². The van der Waals surface area contributed by atoms with E-state index >= 15 is 0 Å². The molecule has 6 heteroatoms. The molecule has 0 saturated carbocycles. The van der Waals surface area contributed by atoms with Crippen LogP contribution >= 0.6 is 11.3 Å². The minimum absolute atomic E-state index is 0.0300. The van der Waals surface area contributed by atoms with Crippen LogP contribution < -0.4 is 5.32 Å². The van der Waals surface area contributed by atoms with E-state index in [1.165, 1.54) is 12.1 Å². The fraction of sp³-hybridized carbons (Fsp3) is 0.154. The summed E-state index contributed by atoms with van der Waals surface area (Å²) >= 11 is 1.58. The fourth-order valence-electron chi connectivity index (χ4n) is 1.58. The summed E-state index contributed by atoms with van der Waals surface area (Å²) in [5, 5.41) is 17.2. The molecule has 2 aromatic rings. The molecule has 98 valence electrons. The van der Waals surface area contributed by atoms with Crippen molar-refractivity contribution >= 4 is 22.9 Å². The lowest BCUT2D eigenvalue weighted by Gasteiger charge is -2.04. The molecule has 0 bridgehead atoms. The van der Waals surface area contributed by atoms with Gasteiger partial charge in [-0.3, -0.25) is 14.9 Å². The number of thiophene rings is 1. The Morgan fingerprint density at radius 3 is 2.53 bits per heavy atom. The van der Waals surface area contributed by atoms with Gasteiger partial charge in [-0.15, -0.1) is 0 Å². The van der Waals surface area contributed by atoms with E-state index in [0.29, 0.717) is 6.54 Å². The van der Waals surface area contributed by atoms with Gasteiger partial charge in [0.05, 0.1) is 11.3 Å². The molecule has 5 nitrogen and oxygen atoms in total. The van der Waals surface area contributed by atoms with Crippen LogP contribution in [0.2, 0.25) is 0 Å². The van der Waals surface area contributed by atoms with Crippen molar-refractivity contribution in [3.63, 3.8) is 0 Å². The maximum Gasteiger partial charge on any atom is 0.269 e. The van der Waals surface area contributed by atoms with Crippen LogP contribution in [0, 0.1) is 10.1 Å². The highest BCUT2D eigenvalue weighted by molar-refractivity contribution is 7.07. The maximum absolute atomic E-state index is 11.7. The largest absolute Gasteiger partial charge is 0.352 e. The molecule has 2 rings (SSSR count). The summed E-state index contributed by atoms with van der Waals surface area (Å²) in [5.74, 6) is -0.0972. The Labute approximate surface area is 114 Å². The molecule has 0 unspecified atom stereocenters. The van der Waals surface area contributed by atoms with E-state index in [2.05, 4.69) is 5.32 Å². The molecule has 0 aliphatic carbocycles. The first-order valence-corrected chi connectivity index (χ1v) is 6.60. The van der Waals surface area contributed by atoms with E-state index in [1.807, 2.05) is 16.8 Å². The molecule has 0 saturated heterocycles. The second-order valence-corrected chi connectivity index (χ2v) is 4.79. The highest BCUT2D eigenvalue weighted by atomic mass is 32.1. The van der Waals surface area contributed by atoms with Crippen LogP contribution in [0.15, 0.2) is 41.1 Å². The topological polar surface area (TPSA) is 72.2 Å². The molecular formula is C13H12N2O3S. The maximum atomic E-state index is 11.7. The van der Waals surface area contributed by atoms with Gasteiger partial charge in [-0.1, -0.05) is 12.1 Å². The zero-order valence-electron chi connectivity index (χ0n) is 10.0. The number of nitro benzene ring substituents is 1. The summed E-state index contributed by atoms with van der Waals surface area (Å²) in [6.07, 6.45) is 0.224.